The SMILES string of the molecule is NNc1cc(C2CC2)ncn1. The van der Waals surface area contributed by atoms with Crippen molar-refractivity contribution in [1.29, 1.82) is 0 Å². The van der Waals surface area contributed by atoms with Gasteiger partial charge in [0, 0.05) is 17.7 Å². The molecule has 4 heteroatoms. The highest BCUT2D eigenvalue weighted by molar-refractivity contribution is 5.35. The maximum absolute atomic E-state index is 5.20. The molecule has 0 aliphatic heterocycles. The van der Waals surface area contributed by atoms with Gasteiger partial charge < -0.3 is 5.43 Å². The number of hydrogen-bond donors (Lipinski definition) is 2. The summed E-state index contributed by atoms with van der Waals surface area (Å²) in [4.78, 5) is 8.06. The van der Waals surface area contributed by atoms with Gasteiger partial charge in [0.1, 0.15) is 12.1 Å². The van der Waals surface area contributed by atoms with Crippen LogP contribution in [0.2, 0.25) is 0 Å². The van der Waals surface area contributed by atoms with E-state index in [1.807, 2.05) is 6.07 Å². The van der Waals surface area contributed by atoms with E-state index in [1.165, 1.54) is 12.8 Å². The molecule has 0 unspecified atom stereocenters. The number of anilines is 1. The molecule has 0 spiro atoms. The zero-order valence-electron chi connectivity index (χ0n) is 6.12. The second-order valence-electron chi connectivity index (χ2n) is 2.75. The average molecular weight is 150 g/mol. The van der Waals surface area contributed by atoms with Crippen molar-refractivity contribution in [2.45, 2.75) is 18.8 Å². The second kappa shape index (κ2) is 2.47. The molecule has 1 aromatic heterocycles. The summed E-state index contributed by atoms with van der Waals surface area (Å²) in [6.45, 7) is 0. The maximum atomic E-state index is 5.20. The fraction of sp³-hybridized carbons (Fsp3) is 0.429. The summed E-state index contributed by atoms with van der Waals surface area (Å²) in [7, 11) is 0. The van der Waals surface area contributed by atoms with Crippen LogP contribution in [0.3, 0.4) is 0 Å². The van der Waals surface area contributed by atoms with E-state index in [-0.39, 0.29) is 0 Å². The molecule has 58 valence electrons. The van der Waals surface area contributed by atoms with Gasteiger partial charge in [0.05, 0.1) is 0 Å². The monoisotopic (exact) mass is 150 g/mol. The number of nitrogens with two attached hydrogens (primary N) is 1. The Morgan fingerprint density at radius 2 is 2.27 bits per heavy atom. The first-order chi connectivity index (χ1) is 5.40. The lowest BCUT2D eigenvalue weighted by Gasteiger charge is -1.99. The van der Waals surface area contributed by atoms with E-state index >= 15 is 0 Å². The van der Waals surface area contributed by atoms with Crippen molar-refractivity contribution in [3.63, 3.8) is 0 Å². The van der Waals surface area contributed by atoms with Crippen LogP contribution in [-0.4, -0.2) is 9.97 Å². The largest absolute Gasteiger partial charge is 0.308 e. The fourth-order valence-electron chi connectivity index (χ4n) is 1.05. The zero-order valence-corrected chi connectivity index (χ0v) is 6.12. The van der Waals surface area contributed by atoms with Gasteiger partial charge in [-0.05, 0) is 12.8 Å². The molecule has 0 saturated heterocycles. The van der Waals surface area contributed by atoms with Crippen LogP contribution < -0.4 is 11.3 Å². The Hall–Kier alpha value is -1.16. The summed E-state index contributed by atoms with van der Waals surface area (Å²) in [6, 6.07) is 1.90. The van der Waals surface area contributed by atoms with Crippen LogP contribution in [0.5, 0.6) is 0 Å². The molecule has 1 aromatic rings. The Morgan fingerprint density at radius 1 is 1.45 bits per heavy atom. The van der Waals surface area contributed by atoms with Crippen molar-refractivity contribution >= 4 is 5.82 Å². The number of nitrogens with zero attached hydrogens (tertiary/aromatic N) is 2. The van der Waals surface area contributed by atoms with E-state index in [1.54, 1.807) is 6.33 Å². The summed E-state index contributed by atoms with van der Waals surface area (Å²) in [6.07, 6.45) is 4.05. The highest BCUT2D eigenvalue weighted by Crippen LogP contribution is 2.38. The third kappa shape index (κ3) is 1.30. The Bertz CT molecular complexity index is 256. The summed E-state index contributed by atoms with van der Waals surface area (Å²) < 4.78 is 0. The van der Waals surface area contributed by atoms with Crippen LogP contribution in [0.15, 0.2) is 12.4 Å². The van der Waals surface area contributed by atoms with Crippen LogP contribution >= 0.6 is 0 Å². The van der Waals surface area contributed by atoms with E-state index in [4.69, 9.17) is 5.84 Å². The first kappa shape index (κ1) is 6.54. The summed E-state index contributed by atoms with van der Waals surface area (Å²) in [5, 5.41) is 0. The maximum Gasteiger partial charge on any atom is 0.143 e. The molecule has 1 heterocycles. The molecule has 2 rings (SSSR count). The van der Waals surface area contributed by atoms with Crippen molar-refractivity contribution < 1.29 is 0 Å². The minimum atomic E-state index is 0.657. The van der Waals surface area contributed by atoms with Crippen molar-refractivity contribution in [1.82, 2.24) is 9.97 Å². The van der Waals surface area contributed by atoms with E-state index in [2.05, 4.69) is 15.4 Å². The Labute approximate surface area is 64.8 Å². The molecule has 1 saturated carbocycles. The van der Waals surface area contributed by atoms with Gasteiger partial charge in [-0.3, -0.25) is 0 Å². The molecule has 0 bridgehead atoms. The molecule has 0 radical (unpaired) electrons. The number of rotatable bonds is 2. The number of hydrazine groups is 1. The molecule has 1 fully saturated rings. The van der Waals surface area contributed by atoms with Gasteiger partial charge in [-0.1, -0.05) is 0 Å². The van der Waals surface area contributed by atoms with Gasteiger partial charge in [0.25, 0.3) is 0 Å². The Morgan fingerprint density at radius 3 is 2.91 bits per heavy atom. The van der Waals surface area contributed by atoms with Crippen LogP contribution in [0.25, 0.3) is 0 Å². The first-order valence-corrected chi connectivity index (χ1v) is 3.68. The smallest absolute Gasteiger partial charge is 0.143 e. The predicted molar refractivity (Wildman–Crippen MR) is 41.8 cm³/mol. The summed E-state index contributed by atoms with van der Waals surface area (Å²) >= 11 is 0. The third-order valence-corrected chi connectivity index (χ3v) is 1.83. The molecular weight excluding hydrogens is 140 g/mol. The third-order valence-electron chi connectivity index (χ3n) is 1.83. The minimum absolute atomic E-state index is 0.657. The zero-order chi connectivity index (χ0) is 7.68. The molecule has 1 aliphatic carbocycles. The van der Waals surface area contributed by atoms with Crippen molar-refractivity contribution in [3.05, 3.63) is 18.1 Å². The van der Waals surface area contributed by atoms with E-state index in [0.717, 1.165) is 5.69 Å². The topological polar surface area (TPSA) is 63.8 Å². The normalized spacial score (nSPS) is 16.5. The molecule has 1 aliphatic rings. The standard InChI is InChI=1S/C7H10N4/c8-11-7-3-6(5-1-2-5)9-4-10-7/h3-5H,1-2,8H2,(H,9,10,11). The van der Waals surface area contributed by atoms with E-state index < -0.39 is 0 Å². The second-order valence-corrected chi connectivity index (χ2v) is 2.75. The summed E-state index contributed by atoms with van der Waals surface area (Å²) in [5.74, 6) is 6.55. The lowest BCUT2D eigenvalue weighted by Crippen LogP contribution is -2.09. The molecule has 0 aromatic carbocycles. The predicted octanol–water partition coefficient (Wildman–Crippen LogP) is 0.640. The van der Waals surface area contributed by atoms with Crippen molar-refractivity contribution in [2.75, 3.05) is 5.43 Å². The van der Waals surface area contributed by atoms with Crippen LogP contribution in [0.4, 0.5) is 5.82 Å². The number of hydrogen-bond acceptors (Lipinski definition) is 4. The quantitative estimate of drug-likeness (QED) is 0.479. The lowest BCUT2D eigenvalue weighted by atomic mass is 10.3. The highest BCUT2D eigenvalue weighted by atomic mass is 15.3. The highest BCUT2D eigenvalue weighted by Gasteiger charge is 2.24. The molecule has 4 nitrogen and oxygen atoms in total. The Balaban J connectivity index is 2.26. The first-order valence-electron chi connectivity index (χ1n) is 3.68. The van der Waals surface area contributed by atoms with Gasteiger partial charge in [0.2, 0.25) is 0 Å². The van der Waals surface area contributed by atoms with Crippen molar-refractivity contribution in [2.24, 2.45) is 5.84 Å². The molecule has 11 heavy (non-hydrogen) atoms. The number of nitrogen functional groups attached to an aromatic ring is 1. The van der Waals surface area contributed by atoms with Gasteiger partial charge in [-0.25, -0.2) is 15.8 Å². The van der Waals surface area contributed by atoms with E-state index in [9.17, 15) is 0 Å². The number of aromatic nitrogens is 2. The van der Waals surface area contributed by atoms with Gasteiger partial charge in [-0.15, -0.1) is 0 Å². The Kier molecular flexibility index (Phi) is 1.47. The molecule has 0 atom stereocenters. The van der Waals surface area contributed by atoms with Gasteiger partial charge in [0.15, 0.2) is 0 Å². The molecule has 3 N–H and O–H groups in total. The molecular formula is C7H10N4. The molecule has 0 amide bonds. The van der Waals surface area contributed by atoms with Crippen LogP contribution in [-0.2, 0) is 0 Å². The van der Waals surface area contributed by atoms with Crippen molar-refractivity contribution in [3.8, 4) is 0 Å². The fourth-order valence-corrected chi connectivity index (χ4v) is 1.05. The minimum Gasteiger partial charge on any atom is -0.308 e. The van der Waals surface area contributed by atoms with Crippen LogP contribution in [0, 0.1) is 0 Å². The van der Waals surface area contributed by atoms with Gasteiger partial charge >= 0.3 is 0 Å². The summed E-state index contributed by atoms with van der Waals surface area (Å²) in [5.41, 5.74) is 3.60. The number of nitrogens with one attached hydrogen (secondary N) is 1. The lowest BCUT2D eigenvalue weighted by molar-refractivity contribution is 0.984. The van der Waals surface area contributed by atoms with E-state index in [0.29, 0.717) is 11.7 Å². The van der Waals surface area contributed by atoms with Gasteiger partial charge in [-0.2, -0.15) is 0 Å². The van der Waals surface area contributed by atoms with Crippen LogP contribution in [0.1, 0.15) is 24.5 Å². The average Bonchev–Trinajstić information content (AvgIpc) is 2.87.